The molecule has 2 fully saturated rings. The lowest BCUT2D eigenvalue weighted by atomic mass is 9.91. The number of hydrogen-bond donors (Lipinski definition) is 0. The number of aliphatic imine (C=N–C) groups is 1. The molecular formula is C26H36N6O. The molecule has 176 valence electrons. The van der Waals surface area contributed by atoms with Crippen LogP contribution in [0.4, 0.5) is 0 Å². The second-order valence-electron chi connectivity index (χ2n) is 10.2. The molecule has 33 heavy (non-hydrogen) atoms. The average molecular weight is 449 g/mol. The number of hydrogen-bond acceptors (Lipinski definition) is 5. The summed E-state index contributed by atoms with van der Waals surface area (Å²) in [4.78, 5) is 22.3. The van der Waals surface area contributed by atoms with Crippen LogP contribution in [-0.4, -0.2) is 68.9 Å². The zero-order valence-electron chi connectivity index (χ0n) is 20.2. The minimum atomic E-state index is 0.0134. The van der Waals surface area contributed by atoms with Crippen molar-refractivity contribution in [1.82, 2.24) is 24.6 Å². The molecule has 1 aromatic carbocycles. The predicted octanol–water partition coefficient (Wildman–Crippen LogP) is 3.11. The van der Waals surface area contributed by atoms with Gasteiger partial charge in [-0.3, -0.25) is 9.79 Å². The summed E-state index contributed by atoms with van der Waals surface area (Å²) in [5.41, 5.74) is 5.11. The summed E-state index contributed by atoms with van der Waals surface area (Å²) in [5, 5.41) is 8.36. The zero-order chi connectivity index (χ0) is 22.9. The standard InChI is InChI=1S/C26H36N6O/c1-18-12-20(14-22-15-27-16-24(18)22)13-19(2)26(33)32-10-6-23(7-11-32)31-8-4-21(5-9-31)25-29-28-17-30(25)3/h12,14-15,17,19,21,23H,4-11,13,16H2,1-3H3. The van der Waals surface area contributed by atoms with Gasteiger partial charge in [0.2, 0.25) is 5.91 Å². The minimum Gasteiger partial charge on any atom is -0.342 e. The zero-order valence-corrected chi connectivity index (χ0v) is 20.2. The molecule has 0 bridgehead atoms. The third-order valence-electron chi connectivity index (χ3n) is 7.94. The number of nitrogens with zero attached hydrogens (tertiary/aromatic N) is 6. The van der Waals surface area contributed by atoms with E-state index in [1.807, 2.05) is 13.3 Å². The van der Waals surface area contributed by atoms with Crippen molar-refractivity contribution in [3.8, 4) is 0 Å². The summed E-state index contributed by atoms with van der Waals surface area (Å²) in [6.07, 6.45) is 9.04. The number of aromatic nitrogens is 3. The number of benzene rings is 1. The first-order valence-electron chi connectivity index (χ1n) is 12.5. The van der Waals surface area contributed by atoms with Crippen molar-refractivity contribution >= 4 is 12.1 Å². The molecule has 2 saturated heterocycles. The van der Waals surface area contributed by atoms with Crippen molar-refractivity contribution in [2.45, 2.75) is 64.5 Å². The summed E-state index contributed by atoms with van der Waals surface area (Å²) in [6, 6.07) is 5.07. The molecule has 7 nitrogen and oxygen atoms in total. The highest BCUT2D eigenvalue weighted by atomic mass is 16.2. The number of likely N-dealkylation sites (tertiary alicyclic amines) is 2. The fourth-order valence-electron chi connectivity index (χ4n) is 5.99. The van der Waals surface area contributed by atoms with Gasteiger partial charge in [0.1, 0.15) is 12.2 Å². The Bertz CT molecular complexity index is 1030. The fourth-order valence-corrected chi connectivity index (χ4v) is 5.99. The molecule has 0 aliphatic carbocycles. The second kappa shape index (κ2) is 9.37. The maximum absolute atomic E-state index is 13.2. The van der Waals surface area contributed by atoms with E-state index < -0.39 is 0 Å². The SMILES string of the molecule is Cc1cc(CC(C)C(=O)N2CCC(N3CCC(c4nncn4C)CC3)CC2)cc2c1CN=C2. The van der Waals surface area contributed by atoms with Crippen LogP contribution < -0.4 is 0 Å². The van der Waals surface area contributed by atoms with Gasteiger partial charge in [0.05, 0.1) is 6.54 Å². The molecule has 1 atom stereocenters. The average Bonchev–Trinajstić information content (AvgIpc) is 3.48. The van der Waals surface area contributed by atoms with E-state index in [0.717, 1.165) is 70.7 Å². The molecule has 1 aromatic heterocycles. The van der Waals surface area contributed by atoms with Crippen LogP contribution in [0.1, 0.15) is 66.6 Å². The largest absolute Gasteiger partial charge is 0.342 e. The van der Waals surface area contributed by atoms with Gasteiger partial charge >= 0.3 is 0 Å². The smallest absolute Gasteiger partial charge is 0.225 e. The number of piperidine rings is 2. The molecule has 7 heteroatoms. The number of aryl methyl sites for hydroxylation is 2. The number of carbonyl (C=O) groups is 1. The Morgan fingerprint density at radius 1 is 1.12 bits per heavy atom. The first-order chi connectivity index (χ1) is 16.0. The van der Waals surface area contributed by atoms with Gasteiger partial charge in [-0.25, -0.2) is 0 Å². The Morgan fingerprint density at radius 2 is 1.88 bits per heavy atom. The van der Waals surface area contributed by atoms with Crippen molar-refractivity contribution in [3.05, 3.63) is 46.5 Å². The molecule has 3 aliphatic rings. The minimum absolute atomic E-state index is 0.0134. The highest BCUT2D eigenvalue weighted by molar-refractivity contribution is 5.85. The van der Waals surface area contributed by atoms with Gasteiger partial charge in [-0.2, -0.15) is 0 Å². The fraction of sp³-hybridized carbons (Fsp3) is 0.615. The van der Waals surface area contributed by atoms with Gasteiger partial charge in [0, 0.05) is 44.2 Å². The lowest BCUT2D eigenvalue weighted by Gasteiger charge is -2.42. The van der Waals surface area contributed by atoms with Gasteiger partial charge in [-0.05, 0) is 80.4 Å². The Morgan fingerprint density at radius 3 is 2.58 bits per heavy atom. The Balaban J connectivity index is 1.11. The van der Waals surface area contributed by atoms with Crippen LogP contribution in [0.3, 0.4) is 0 Å². The molecule has 1 unspecified atom stereocenters. The molecule has 0 saturated carbocycles. The molecule has 3 aliphatic heterocycles. The summed E-state index contributed by atoms with van der Waals surface area (Å²) in [7, 11) is 2.04. The van der Waals surface area contributed by atoms with Crippen molar-refractivity contribution in [2.75, 3.05) is 26.2 Å². The summed E-state index contributed by atoms with van der Waals surface area (Å²) >= 11 is 0. The second-order valence-corrected chi connectivity index (χ2v) is 10.2. The molecule has 1 amide bonds. The van der Waals surface area contributed by atoms with E-state index in [2.05, 4.69) is 55.5 Å². The van der Waals surface area contributed by atoms with E-state index in [-0.39, 0.29) is 5.92 Å². The van der Waals surface area contributed by atoms with Crippen LogP contribution in [0.25, 0.3) is 0 Å². The maximum Gasteiger partial charge on any atom is 0.225 e. The Hall–Kier alpha value is -2.54. The first-order valence-corrected chi connectivity index (χ1v) is 12.5. The topological polar surface area (TPSA) is 66.6 Å². The molecular weight excluding hydrogens is 412 g/mol. The number of fused-ring (bicyclic) bond motifs is 1. The van der Waals surface area contributed by atoms with Gasteiger partial charge < -0.3 is 14.4 Å². The highest BCUT2D eigenvalue weighted by Gasteiger charge is 2.32. The number of amides is 1. The predicted molar refractivity (Wildman–Crippen MR) is 129 cm³/mol. The van der Waals surface area contributed by atoms with Crippen LogP contribution in [-0.2, 0) is 24.8 Å². The highest BCUT2D eigenvalue weighted by Crippen LogP contribution is 2.30. The van der Waals surface area contributed by atoms with Gasteiger partial charge in [-0.1, -0.05) is 13.0 Å². The van der Waals surface area contributed by atoms with E-state index in [1.54, 1.807) is 6.33 Å². The lowest BCUT2D eigenvalue weighted by molar-refractivity contribution is -0.136. The van der Waals surface area contributed by atoms with Gasteiger partial charge in [0.15, 0.2) is 0 Å². The number of carbonyl (C=O) groups excluding carboxylic acids is 1. The van der Waals surface area contributed by atoms with E-state index in [1.165, 1.54) is 22.3 Å². The normalized spacial score (nSPS) is 20.9. The van der Waals surface area contributed by atoms with Crippen LogP contribution in [0.15, 0.2) is 23.5 Å². The molecule has 4 heterocycles. The quantitative estimate of drug-likeness (QED) is 0.705. The summed E-state index contributed by atoms with van der Waals surface area (Å²) in [6.45, 7) is 9.04. The van der Waals surface area contributed by atoms with Crippen molar-refractivity contribution in [2.24, 2.45) is 18.0 Å². The summed E-state index contributed by atoms with van der Waals surface area (Å²) in [5.74, 6) is 1.96. The van der Waals surface area contributed by atoms with Gasteiger partial charge in [-0.15, -0.1) is 10.2 Å². The van der Waals surface area contributed by atoms with Crippen molar-refractivity contribution in [1.29, 1.82) is 0 Å². The Kier molecular flexibility index (Phi) is 6.32. The maximum atomic E-state index is 13.2. The third-order valence-corrected chi connectivity index (χ3v) is 7.94. The van der Waals surface area contributed by atoms with Crippen LogP contribution in [0.2, 0.25) is 0 Å². The van der Waals surface area contributed by atoms with Crippen molar-refractivity contribution < 1.29 is 4.79 Å². The Labute approximate surface area is 196 Å². The van der Waals surface area contributed by atoms with E-state index in [0.29, 0.717) is 17.9 Å². The lowest BCUT2D eigenvalue weighted by Crippen LogP contribution is -2.49. The summed E-state index contributed by atoms with van der Waals surface area (Å²) < 4.78 is 2.06. The molecule has 0 spiro atoms. The van der Waals surface area contributed by atoms with E-state index >= 15 is 0 Å². The van der Waals surface area contributed by atoms with Crippen LogP contribution in [0, 0.1) is 12.8 Å². The van der Waals surface area contributed by atoms with E-state index in [9.17, 15) is 4.79 Å². The molecule has 2 aromatic rings. The number of rotatable bonds is 5. The molecule has 5 rings (SSSR count). The third kappa shape index (κ3) is 4.60. The monoisotopic (exact) mass is 448 g/mol. The van der Waals surface area contributed by atoms with Gasteiger partial charge in [0.25, 0.3) is 0 Å². The van der Waals surface area contributed by atoms with Crippen LogP contribution >= 0.6 is 0 Å². The van der Waals surface area contributed by atoms with E-state index in [4.69, 9.17) is 0 Å². The molecule has 0 N–H and O–H groups in total. The first kappa shape index (κ1) is 22.3. The van der Waals surface area contributed by atoms with Crippen molar-refractivity contribution in [3.63, 3.8) is 0 Å². The molecule has 0 radical (unpaired) electrons. The van der Waals surface area contributed by atoms with Crippen LogP contribution in [0.5, 0.6) is 0 Å².